The third-order valence-electron chi connectivity index (χ3n) is 3.24. The van der Waals surface area contributed by atoms with Gasteiger partial charge in [-0.3, -0.25) is 0 Å². The van der Waals surface area contributed by atoms with Crippen LogP contribution in [0.2, 0.25) is 4.82 Å². The summed E-state index contributed by atoms with van der Waals surface area (Å²) in [4.78, 5) is 21.7. The molecule has 1 aliphatic heterocycles. The van der Waals surface area contributed by atoms with Crippen LogP contribution in [0.4, 0.5) is 5.95 Å². The van der Waals surface area contributed by atoms with Gasteiger partial charge in [-0.05, 0) is 0 Å². The van der Waals surface area contributed by atoms with Crippen molar-refractivity contribution in [1.29, 1.82) is 0 Å². The number of hydrogen-bond donors (Lipinski definition) is 4. The second-order valence-electron chi connectivity index (χ2n) is 4.50. The number of nitrogens with two attached hydrogens (primary N) is 1. The Bertz CT molecular complexity index is 701. The molecule has 0 radical (unpaired) electrons. The Morgan fingerprint density at radius 3 is 3.00 bits per heavy atom. The van der Waals surface area contributed by atoms with Gasteiger partial charge in [-0.1, -0.05) is 0 Å². The summed E-state index contributed by atoms with van der Waals surface area (Å²) in [7, 11) is 0. The van der Waals surface area contributed by atoms with Crippen LogP contribution in [-0.4, -0.2) is 64.6 Å². The van der Waals surface area contributed by atoms with Gasteiger partial charge in [0.2, 0.25) is 0 Å². The van der Waals surface area contributed by atoms with E-state index >= 15 is 0 Å². The van der Waals surface area contributed by atoms with E-state index in [9.17, 15) is 9.90 Å². The molecule has 3 rings (SSSR count). The maximum atomic E-state index is 11.7. The van der Waals surface area contributed by atoms with Crippen molar-refractivity contribution in [3.05, 3.63) is 16.7 Å². The minimum atomic E-state index is -0.832. The van der Waals surface area contributed by atoms with E-state index in [1.165, 1.54) is 10.9 Å². The molecule has 0 aliphatic carbocycles. The predicted molar refractivity (Wildman–Crippen MR) is 70.5 cm³/mol. The van der Waals surface area contributed by atoms with Crippen LogP contribution in [0.15, 0.2) is 11.1 Å². The quantitative estimate of drug-likeness (QED) is 0.446. The Labute approximate surface area is 120 Å². The summed E-state index contributed by atoms with van der Waals surface area (Å²) in [6.07, 6.45) is -0.711. The Balaban J connectivity index is 2.09. The third-order valence-corrected chi connectivity index (χ3v) is 4.42. The first kappa shape index (κ1) is 13.5. The Hall–Kier alpha value is -1.45. The molecule has 20 heavy (non-hydrogen) atoms. The van der Waals surface area contributed by atoms with Gasteiger partial charge >= 0.3 is 120 Å². The first-order valence-electron chi connectivity index (χ1n) is 5.87. The van der Waals surface area contributed by atoms with Crippen molar-refractivity contribution < 1.29 is 14.9 Å². The third kappa shape index (κ3) is 1.93. The maximum absolute atomic E-state index is 11.7. The van der Waals surface area contributed by atoms with Gasteiger partial charge in [0.15, 0.2) is 0 Å². The second kappa shape index (κ2) is 4.83. The number of ether oxygens (including phenoxy) is 1. The molecule has 0 aromatic carbocycles. The van der Waals surface area contributed by atoms with E-state index in [0.29, 0.717) is 0 Å². The molecule has 10 heteroatoms. The molecule has 3 heterocycles. The summed E-state index contributed by atoms with van der Waals surface area (Å²) in [5, 5.41) is 19.1. The zero-order valence-electron chi connectivity index (χ0n) is 10.2. The van der Waals surface area contributed by atoms with Crippen LogP contribution in [0.1, 0.15) is 6.23 Å². The number of aliphatic hydroxyl groups excluding tert-OH is 2. The van der Waals surface area contributed by atoms with E-state index in [1.807, 2.05) is 0 Å². The van der Waals surface area contributed by atoms with Gasteiger partial charge in [0.1, 0.15) is 0 Å². The monoisotopic (exact) mass is 347 g/mol. The van der Waals surface area contributed by atoms with Crippen LogP contribution in [-0.2, 0) is 4.74 Å². The number of aromatic nitrogens is 4. The fourth-order valence-corrected chi connectivity index (χ4v) is 3.09. The topological polar surface area (TPSA) is 139 Å². The molecule has 2 aromatic heterocycles. The number of H-pyrrole nitrogens is 1. The normalized spacial score (nSPS) is 30.1. The number of aromatic amines is 1. The SMILES string of the molecule is Nc1nc2c(ncn2[C@@H]2O[C@H](CO)[C@H](O)C2[SeH])c(=O)[nH]1. The summed E-state index contributed by atoms with van der Waals surface area (Å²) in [5.74, 6) is -0.0244. The van der Waals surface area contributed by atoms with Crippen molar-refractivity contribution in [3.63, 3.8) is 0 Å². The molecule has 0 amide bonds. The summed E-state index contributed by atoms with van der Waals surface area (Å²) in [6, 6.07) is 0. The molecule has 9 nitrogen and oxygen atoms in total. The average Bonchev–Trinajstić information content (AvgIpc) is 2.93. The number of anilines is 1. The van der Waals surface area contributed by atoms with Crippen LogP contribution >= 0.6 is 0 Å². The standard InChI is InChI=1S/C10H13N5O4Se/c11-10-13-7-4(8(18)14-10)12-2-15(7)9-6(20)5(17)3(1-16)19-9/h2-3,5-6,9,16-17,20H,1H2,(H3,11,13,14,18)/t3-,5+,6?,9-/m1/s1. The van der Waals surface area contributed by atoms with Crippen molar-refractivity contribution in [1.82, 2.24) is 19.5 Å². The van der Waals surface area contributed by atoms with Crippen molar-refractivity contribution in [2.24, 2.45) is 0 Å². The fourth-order valence-electron chi connectivity index (χ4n) is 2.24. The summed E-state index contributed by atoms with van der Waals surface area (Å²) >= 11 is 2.30. The van der Waals surface area contributed by atoms with Crippen LogP contribution < -0.4 is 11.3 Å². The van der Waals surface area contributed by atoms with Crippen molar-refractivity contribution in [2.75, 3.05) is 12.3 Å². The van der Waals surface area contributed by atoms with E-state index in [-0.39, 0.29) is 28.5 Å². The fraction of sp³-hybridized carbons (Fsp3) is 0.500. The zero-order chi connectivity index (χ0) is 14.4. The predicted octanol–water partition coefficient (Wildman–Crippen LogP) is -2.36. The zero-order valence-corrected chi connectivity index (χ0v) is 12.0. The number of nitrogens with zero attached hydrogens (tertiary/aromatic N) is 3. The number of nitrogens with one attached hydrogen (secondary N) is 1. The minimum absolute atomic E-state index is 0.0244. The molecule has 5 N–H and O–H groups in total. The molecule has 1 fully saturated rings. The number of imidazole rings is 1. The van der Waals surface area contributed by atoms with Gasteiger partial charge in [-0.2, -0.15) is 0 Å². The molecule has 0 bridgehead atoms. The summed E-state index contributed by atoms with van der Waals surface area (Å²) < 4.78 is 7.11. The molecular formula is C10H13N5O4Se. The second-order valence-corrected chi connectivity index (χ2v) is 5.76. The Kier molecular flexibility index (Phi) is 3.27. The summed E-state index contributed by atoms with van der Waals surface area (Å²) in [6.45, 7) is -0.297. The van der Waals surface area contributed by atoms with Crippen LogP contribution in [0, 0.1) is 0 Å². The number of hydrogen-bond acceptors (Lipinski definition) is 7. The van der Waals surface area contributed by atoms with E-state index in [1.54, 1.807) is 0 Å². The Morgan fingerprint density at radius 2 is 2.35 bits per heavy atom. The molecule has 1 saturated heterocycles. The average molecular weight is 346 g/mol. The van der Waals surface area contributed by atoms with E-state index in [4.69, 9.17) is 15.6 Å². The molecule has 1 unspecified atom stereocenters. The van der Waals surface area contributed by atoms with Crippen LogP contribution in [0.25, 0.3) is 11.2 Å². The van der Waals surface area contributed by atoms with Crippen LogP contribution in [0.5, 0.6) is 0 Å². The number of nitrogen functional groups attached to an aromatic ring is 1. The first-order chi connectivity index (χ1) is 9.52. The number of fused-ring (bicyclic) bond motifs is 1. The number of aliphatic hydroxyl groups is 2. The van der Waals surface area contributed by atoms with E-state index in [0.717, 1.165) is 0 Å². The first-order valence-corrected chi connectivity index (χ1v) is 6.96. The molecular weight excluding hydrogens is 333 g/mol. The molecule has 2 aromatic rings. The summed E-state index contributed by atoms with van der Waals surface area (Å²) in [5.41, 5.74) is 5.50. The molecule has 1 aliphatic rings. The van der Waals surface area contributed by atoms with Gasteiger partial charge in [-0.15, -0.1) is 0 Å². The van der Waals surface area contributed by atoms with Crippen LogP contribution in [0.3, 0.4) is 0 Å². The van der Waals surface area contributed by atoms with Gasteiger partial charge in [-0.25, -0.2) is 0 Å². The molecule has 108 valence electrons. The van der Waals surface area contributed by atoms with Gasteiger partial charge in [0, 0.05) is 0 Å². The molecule has 4 atom stereocenters. The van der Waals surface area contributed by atoms with E-state index in [2.05, 4.69) is 31.0 Å². The number of rotatable bonds is 2. The van der Waals surface area contributed by atoms with E-state index < -0.39 is 24.0 Å². The molecule has 0 saturated carbocycles. The van der Waals surface area contributed by atoms with Crippen molar-refractivity contribution in [3.8, 4) is 0 Å². The van der Waals surface area contributed by atoms with Crippen molar-refractivity contribution in [2.45, 2.75) is 23.3 Å². The molecule has 0 spiro atoms. The Morgan fingerprint density at radius 1 is 1.60 bits per heavy atom. The van der Waals surface area contributed by atoms with Gasteiger partial charge in [0.25, 0.3) is 0 Å². The van der Waals surface area contributed by atoms with Gasteiger partial charge < -0.3 is 0 Å². The van der Waals surface area contributed by atoms with Gasteiger partial charge in [0.05, 0.1) is 0 Å². The van der Waals surface area contributed by atoms with Crippen molar-refractivity contribution >= 4 is 33.1 Å².